The van der Waals surface area contributed by atoms with Crippen molar-refractivity contribution in [1.82, 2.24) is 0 Å². The maximum atomic E-state index is 12.6. The van der Waals surface area contributed by atoms with E-state index in [-0.39, 0.29) is 11.6 Å². The minimum Gasteiger partial charge on any atom is -0.489 e. The Labute approximate surface area is 151 Å². The van der Waals surface area contributed by atoms with Crippen LogP contribution in [0.3, 0.4) is 0 Å². The first-order valence-corrected chi connectivity index (χ1v) is 9.04. The number of carbonyl (C=O) groups is 1. The van der Waals surface area contributed by atoms with Gasteiger partial charge in [0.1, 0.15) is 25.8 Å². The molecule has 0 aliphatic rings. The Morgan fingerprint density at radius 3 is 2.24 bits per heavy atom. The van der Waals surface area contributed by atoms with Crippen molar-refractivity contribution in [2.24, 2.45) is 0 Å². The number of hydrogen-bond donors (Lipinski definition) is 0. The van der Waals surface area contributed by atoms with E-state index < -0.39 is 0 Å². The average molecular weight is 338 g/mol. The van der Waals surface area contributed by atoms with Crippen LogP contribution in [0, 0.1) is 0 Å². The first-order chi connectivity index (χ1) is 12.0. The molecule has 132 valence electrons. The van der Waals surface area contributed by atoms with Gasteiger partial charge in [-0.15, -0.1) is 0 Å². The van der Waals surface area contributed by atoms with Gasteiger partial charge in [0, 0.05) is 0 Å². The lowest BCUT2D eigenvalue weighted by molar-refractivity contribution is -0.0249. The van der Waals surface area contributed by atoms with Gasteiger partial charge in [0.05, 0.1) is 5.56 Å². The highest BCUT2D eigenvalue weighted by Crippen LogP contribution is 2.26. The molecule has 0 atom stereocenters. The van der Waals surface area contributed by atoms with E-state index in [9.17, 15) is 4.79 Å². The van der Waals surface area contributed by atoms with Gasteiger partial charge in [-0.2, -0.15) is 0 Å². The van der Waals surface area contributed by atoms with Crippen molar-refractivity contribution in [3.63, 3.8) is 0 Å². The number of rotatable bonds is 8. The molecule has 0 aliphatic heterocycles. The fourth-order valence-electron chi connectivity index (χ4n) is 2.84. The Morgan fingerprint density at radius 2 is 1.64 bits per heavy atom. The SMILES string of the molecule is Bc1ccc(C(=O)OC(CC)(CC)CC)cc1OCc1ccccc1. The molecule has 0 amide bonds. The van der Waals surface area contributed by atoms with Crippen LogP contribution < -0.4 is 10.2 Å². The molecule has 0 aromatic heterocycles. The Hall–Kier alpha value is -2.23. The van der Waals surface area contributed by atoms with E-state index in [2.05, 4.69) is 20.8 Å². The summed E-state index contributed by atoms with van der Waals surface area (Å²) in [7, 11) is 1.98. The lowest BCUT2D eigenvalue weighted by atomic mass is 9.92. The molecule has 0 radical (unpaired) electrons. The second-order valence-corrected chi connectivity index (χ2v) is 6.39. The molecule has 0 heterocycles. The Bertz CT molecular complexity index is 685. The molecule has 0 unspecified atom stereocenters. The number of hydrogen-bond acceptors (Lipinski definition) is 3. The summed E-state index contributed by atoms with van der Waals surface area (Å²) in [4.78, 5) is 12.6. The molecule has 0 N–H and O–H groups in total. The van der Waals surface area contributed by atoms with Crippen molar-refractivity contribution in [3.05, 3.63) is 59.7 Å². The third-order valence-electron chi connectivity index (χ3n) is 4.90. The summed E-state index contributed by atoms with van der Waals surface area (Å²) in [6.07, 6.45) is 2.44. The van der Waals surface area contributed by atoms with Crippen LogP contribution in [0.1, 0.15) is 56.0 Å². The molecule has 4 heteroatoms. The van der Waals surface area contributed by atoms with Crippen LogP contribution in [0.25, 0.3) is 0 Å². The van der Waals surface area contributed by atoms with Gasteiger partial charge in [-0.1, -0.05) is 57.2 Å². The van der Waals surface area contributed by atoms with Crippen LogP contribution in [0.4, 0.5) is 0 Å². The normalized spacial score (nSPS) is 11.2. The molecular formula is C21H27BO3. The van der Waals surface area contributed by atoms with Crippen molar-refractivity contribution < 1.29 is 14.3 Å². The van der Waals surface area contributed by atoms with E-state index in [1.54, 1.807) is 12.1 Å². The largest absolute Gasteiger partial charge is 0.489 e. The molecule has 0 fully saturated rings. The van der Waals surface area contributed by atoms with Crippen molar-refractivity contribution >= 4 is 19.3 Å². The summed E-state index contributed by atoms with van der Waals surface area (Å²) in [5.74, 6) is 0.434. The Balaban J connectivity index is 2.13. The van der Waals surface area contributed by atoms with Crippen LogP contribution in [0.15, 0.2) is 48.5 Å². The second kappa shape index (κ2) is 8.75. The minimum absolute atomic E-state index is 0.282. The number of benzene rings is 2. The van der Waals surface area contributed by atoms with Gasteiger partial charge in [-0.05, 0) is 42.4 Å². The summed E-state index contributed by atoms with van der Waals surface area (Å²) >= 11 is 0. The third kappa shape index (κ3) is 4.88. The van der Waals surface area contributed by atoms with Crippen LogP contribution in [0.2, 0.25) is 0 Å². The lowest BCUT2D eigenvalue weighted by Gasteiger charge is -2.30. The fraction of sp³-hybridized carbons (Fsp3) is 0.381. The molecule has 25 heavy (non-hydrogen) atoms. The van der Waals surface area contributed by atoms with E-state index in [4.69, 9.17) is 9.47 Å². The van der Waals surface area contributed by atoms with Gasteiger partial charge in [0.2, 0.25) is 0 Å². The third-order valence-corrected chi connectivity index (χ3v) is 4.90. The van der Waals surface area contributed by atoms with E-state index in [0.29, 0.717) is 17.9 Å². The maximum Gasteiger partial charge on any atom is 0.338 e. The standard InChI is InChI=1S/C21H27BO3/c1-4-21(5-2,6-3)25-20(23)17-12-13-18(22)19(14-17)24-15-16-10-8-7-9-11-16/h7-14H,4-6,15,22H2,1-3H3. The summed E-state index contributed by atoms with van der Waals surface area (Å²) in [6, 6.07) is 15.5. The van der Waals surface area contributed by atoms with E-state index in [1.807, 2.05) is 44.2 Å². The van der Waals surface area contributed by atoms with Crippen LogP contribution in [0.5, 0.6) is 5.75 Å². The van der Waals surface area contributed by atoms with Crippen molar-refractivity contribution in [1.29, 1.82) is 0 Å². The molecule has 2 aromatic carbocycles. The highest BCUT2D eigenvalue weighted by Gasteiger charge is 2.29. The van der Waals surface area contributed by atoms with Gasteiger partial charge in [-0.25, -0.2) is 4.79 Å². The first kappa shape index (κ1) is 19.1. The lowest BCUT2D eigenvalue weighted by Crippen LogP contribution is -2.33. The second-order valence-electron chi connectivity index (χ2n) is 6.39. The van der Waals surface area contributed by atoms with Crippen molar-refractivity contribution in [2.75, 3.05) is 0 Å². The first-order valence-electron chi connectivity index (χ1n) is 9.04. The predicted molar refractivity (Wildman–Crippen MR) is 104 cm³/mol. The minimum atomic E-state index is -0.382. The Kier molecular flexibility index (Phi) is 6.69. The molecule has 2 aromatic rings. The van der Waals surface area contributed by atoms with Gasteiger partial charge in [0.15, 0.2) is 0 Å². The molecule has 2 rings (SSSR count). The maximum absolute atomic E-state index is 12.6. The summed E-state index contributed by atoms with van der Waals surface area (Å²) in [5.41, 5.74) is 2.25. The van der Waals surface area contributed by atoms with Gasteiger partial charge in [0.25, 0.3) is 0 Å². The van der Waals surface area contributed by atoms with E-state index >= 15 is 0 Å². The summed E-state index contributed by atoms with van der Waals surface area (Å²) in [5, 5.41) is 0. The number of carbonyl (C=O) groups excluding carboxylic acids is 1. The highest BCUT2D eigenvalue weighted by molar-refractivity contribution is 6.34. The monoisotopic (exact) mass is 338 g/mol. The molecule has 0 aliphatic carbocycles. The van der Waals surface area contributed by atoms with Crippen LogP contribution in [-0.4, -0.2) is 19.4 Å². The van der Waals surface area contributed by atoms with Gasteiger partial charge < -0.3 is 9.47 Å². The molecule has 0 saturated heterocycles. The predicted octanol–water partition coefficient (Wildman–Crippen LogP) is 3.65. The van der Waals surface area contributed by atoms with Crippen LogP contribution >= 0.6 is 0 Å². The summed E-state index contributed by atoms with van der Waals surface area (Å²) < 4.78 is 11.7. The van der Waals surface area contributed by atoms with Gasteiger partial charge in [-0.3, -0.25) is 0 Å². The number of esters is 1. The number of ether oxygens (including phenoxy) is 2. The summed E-state index contributed by atoms with van der Waals surface area (Å²) in [6.45, 7) is 6.65. The molecule has 3 nitrogen and oxygen atoms in total. The Morgan fingerprint density at radius 1 is 1.00 bits per heavy atom. The zero-order valence-corrected chi connectivity index (χ0v) is 15.7. The molecule has 0 bridgehead atoms. The molecule has 0 saturated carbocycles. The molecule has 0 spiro atoms. The van der Waals surface area contributed by atoms with Crippen molar-refractivity contribution in [3.8, 4) is 5.75 Å². The topological polar surface area (TPSA) is 35.5 Å². The van der Waals surface area contributed by atoms with E-state index in [1.165, 1.54) is 0 Å². The van der Waals surface area contributed by atoms with Crippen LogP contribution in [-0.2, 0) is 11.3 Å². The highest BCUT2D eigenvalue weighted by atomic mass is 16.6. The zero-order valence-electron chi connectivity index (χ0n) is 15.7. The quantitative estimate of drug-likeness (QED) is 0.544. The molecular weight excluding hydrogens is 311 g/mol. The smallest absolute Gasteiger partial charge is 0.338 e. The van der Waals surface area contributed by atoms with E-state index in [0.717, 1.165) is 30.3 Å². The zero-order chi connectivity index (χ0) is 18.3. The fourth-order valence-corrected chi connectivity index (χ4v) is 2.84. The van der Waals surface area contributed by atoms with Crippen molar-refractivity contribution in [2.45, 2.75) is 52.2 Å². The van der Waals surface area contributed by atoms with Gasteiger partial charge >= 0.3 is 5.97 Å². The average Bonchev–Trinajstić information content (AvgIpc) is 2.66.